The van der Waals surface area contributed by atoms with Gasteiger partial charge in [0.25, 0.3) is 0 Å². The van der Waals surface area contributed by atoms with Gasteiger partial charge in [-0.1, -0.05) is 0 Å². The zero-order valence-corrected chi connectivity index (χ0v) is 7.48. The van der Waals surface area contributed by atoms with Gasteiger partial charge in [-0.15, -0.1) is 0 Å². The molecule has 0 heterocycles. The molecule has 0 saturated carbocycles. The van der Waals surface area contributed by atoms with E-state index in [1.54, 1.807) is 0 Å². The minimum absolute atomic E-state index is 0. The number of hydrogen-bond donors (Lipinski definition) is 0. The van der Waals surface area contributed by atoms with Crippen LogP contribution < -0.4 is 0 Å². The number of rotatable bonds is 0. The van der Waals surface area contributed by atoms with Crippen LogP contribution in [0.2, 0.25) is 0 Å². The van der Waals surface area contributed by atoms with Crippen LogP contribution in [0.4, 0.5) is 0 Å². The van der Waals surface area contributed by atoms with Gasteiger partial charge >= 0.3 is 37.7 Å². The first kappa shape index (κ1) is 42.7. The molecule has 0 bridgehead atoms. The van der Waals surface area contributed by atoms with Crippen LogP contribution in [0.25, 0.3) is 0 Å². The third-order valence-corrected chi connectivity index (χ3v) is 0. The van der Waals surface area contributed by atoms with E-state index in [1.807, 2.05) is 0 Å². The van der Waals surface area contributed by atoms with Crippen LogP contribution in [-0.2, 0) is 58.3 Å². The van der Waals surface area contributed by atoms with E-state index in [0.717, 1.165) is 0 Å². The van der Waals surface area contributed by atoms with Crippen LogP contribution >= 0.6 is 0 Å². The van der Waals surface area contributed by atoms with Crippen LogP contribution in [-0.4, -0.2) is 43.2 Å². The first-order valence-corrected chi connectivity index (χ1v) is 0. The Labute approximate surface area is 99.5 Å². The van der Waals surface area contributed by atoms with Gasteiger partial charge in [-0.3, -0.25) is 0 Å². The summed E-state index contributed by atoms with van der Waals surface area (Å²) in [6.45, 7) is 0. The monoisotopic (exact) mass is 235 g/mol. The fourth-order valence-corrected chi connectivity index (χ4v) is 0. The topological polar surface area (TPSA) is 31.5 Å². The van der Waals surface area contributed by atoms with Crippen LogP contribution in [0.5, 0.6) is 0 Å². The van der Waals surface area contributed by atoms with Gasteiger partial charge in [0.15, 0.2) is 0 Å². The van der Waals surface area contributed by atoms with E-state index in [4.69, 9.17) is 0 Å². The van der Waals surface area contributed by atoms with Crippen LogP contribution in [0, 0.1) is 0 Å². The van der Waals surface area contributed by atoms with Gasteiger partial charge in [-0.2, -0.15) is 0 Å². The van der Waals surface area contributed by atoms with Crippen molar-refractivity contribution >= 4 is 37.7 Å². The second kappa shape index (κ2) is 27.6. The van der Waals surface area contributed by atoms with Crippen molar-refractivity contribution in [1.82, 2.24) is 0 Å². The molecule has 0 aliphatic heterocycles. The molecule has 0 aliphatic carbocycles. The summed E-state index contributed by atoms with van der Waals surface area (Å²) in [5.41, 5.74) is 0. The maximum atomic E-state index is 0. The minimum Gasteiger partial charge on any atom is 0 e. The summed E-state index contributed by atoms with van der Waals surface area (Å²) in [4.78, 5) is 0. The Morgan fingerprint density at radius 3 is 1.00 bits per heavy atom. The maximum Gasteiger partial charge on any atom is 0 e. The predicted molar refractivity (Wildman–Crippen MR) is 12.2 cm³/mol. The largest absolute Gasteiger partial charge is 0 e. The average molecular weight is 237 g/mol. The molecule has 0 fully saturated rings. The smallest absolute Gasteiger partial charge is 0 e. The zero-order valence-electron chi connectivity index (χ0n) is 2.01. The summed E-state index contributed by atoms with van der Waals surface area (Å²) in [5, 5.41) is 0. The van der Waals surface area contributed by atoms with Gasteiger partial charge in [0.2, 0.25) is 0 Å². The Balaban J connectivity index is 0. The van der Waals surface area contributed by atoms with Crippen molar-refractivity contribution in [2.24, 2.45) is 0 Å². The molecule has 1 nitrogen and oxygen atoms in total. The fourth-order valence-electron chi connectivity index (χ4n) is 0. The molecule has 5 heavy (non-hydrogen) atoms. The summed E-state index contributed by atoms with van der Waals surface area (Å²) in [7, 11) is 0. The quantitative estimate of drug-likeness (QED) is 0.447. The van der Waals surface area contributed by atoms with E-state index in [-0.39, 0.29) is 101 Å². The van der Waals surface area contributed by atoms with Crippen LogP contribution in [0.3, 0.4) is 0 Å². The molecule has 0 aromatic heterocycles. The maximum absolute atomic E-state index is 0. The van der Waals surface area contributed by atoms with Gasteiger partial charge < -0.3 is 5.48 Å². The Morgan fingerprint density at radius 2 is 1.00 bits per heavy atom. The molecule has 0 aliphatic rings. The second-order valence-electron chi connectivity index (χ2n) is 0. The van der Waals surface area contributed by atoms with Gasteiger partial charge in [-0.05, 0) is 0 Å². The summed E-state index contributed by atoms with van der Waals surface area (Å²) in [5.74, 6) is 0. The Hall–Kier alpha value is 3.08. The fraction of sp³-hybridized carbons (Fsp3) is 0. The molecule has 0 atom stereocenters. The second-order valence-corrected chi connectivity index (χ2v) is 0. The minimum atomic E-state index is 0. The van der Waals surface area contributed by atoms with Crippen LogP contribution in [0.1, 0.15) is 0 Å². The molecule has 0 spiro atoms. The molecule has 0 aromatic rings. The molecule has 29 valence electrons. The van der Waals surface area contributed by atoms with Crippen molar-refractivity contribution in [1.29, 1.82) is 0 Å². The van der Waals surface area contributed by atoms with Crippen molar-refractivity contribution in [2.45, 2.75) is 0 Å². The predicted octanol–water partition coefficient (Wildman–Crippen LogP) is -1.75. The van der Waals surface area contributed by atoms with E-state index in [1.165, 1.54) is 0 Å². The Bertz CT molecular complexity index is 11.6. The molecule has 2 N–H and O–H groups in total. The summed E-state index contributed by atoms with van der Waals surface area (Å²) >= 11 is 0. The summed E-state index contributed by atoms with van der Waals surface area (Å²) in [6, 6.07) is 0. The van der Waals surface area contributed by atoms with Crippen molar-refractivity contribution in [3.8, 4) is 0 Å². The van der Waals surface area contributed by atoms with Crippen molar-refractivity contribution in [2.75, 3.05) is 0 Å². The van der Waals surface area contributed by atoms with E-state index in [2.05, 4.69) is 0 Å². The van der Waals surface area contributed by atoms with Crippen molar-refractivity contribution in [3.05, 3.63) is 0 Å². The normalized spacial score (nSPS) is 0. The van der Waals surface area contributed by atoms with Gasteiger partial charge in [-0.25, -0.2) is 0 Å². The molecule has 0 saturated heterocycles. The van der Waals surface area contributed by atoms with E-state index >= 15 is 0 Å². The SMILES string of the molecule is O.[CaH2].[Cu].[Ti].[Zn]. The van der Waals surface area contributed by atoms with E-state index in [9.17, 15) is 0 Å². The molecule has 0 unspecified atom stereocenters. The third kappa shape index (κ3) is 19.3. The average Bonchev–Trinajstić information content (AvgIpc) is 0. The number of hydrogen-bond acceptors (Lipinski definition) is 0. The zero-order chi connectivity index (χ0) is 0. The first-order chi connectivity index (χ1) is 0. The van der Waals surface area contributed by atoms with Gasteiger partial charge in [0, 0.05) is 58.3 Å². The van der Waals surface area contributed by atoms with E-state index < -0.39 is 0 Å². The summed E-state index contributed by atoms with van der Waals surface area (Å²) < 4.78 is 0. The van der Waals surface area contributed by atoms with Gasteiger partial charge in [0.05, 0.1) is 0 Å². The molecule has 5 heteroatoms. The standard InChI is InChI=1S/Ca.Cu.H2O.Ti.Zn.2H/h;;1H2;;;;. The van der Waals surface area contributed by atoms with Crippen LogP contribution in [0.15, 0.2) is 0 Å². The van der Waals surface area contributed by atoms with E-state index in [0.29, 0.717) is 0 Å². The molecule has 0 aromatic carbocycles. The molecular formula is H4CaCuOTiZn. The summed E-state index contributed by atoms with van der Waals surface area (Å²) in [6.07, 6.45) is 0. The molecule has 0 rings (SSSR count). The molecule has 0 amide bonds. The van der Waals surface area contributed by atoms with Crippen molar-refractivity contribution in [3.63, 3.8) is 0 Å². The third-order valence-electron chi connectivity index (χ3n) is 0. The Morgan fingerprint density at radius 1 is 1.00 bits per heavy atom. The van der Waals surface area contributed by atoms with Gasteiger partial charge in [0.1, 0.15) is 0 Å². The molecular weight excluding hydrogens is 233 g/mol. The Kier molecular flexibility index (Phi) is 236. The first-order valence-electron chi connectivity index (χ1n) is 0. The van der Waals surface area contributed by atoms with Crippen molar-refractivity contribution < 1.29 is 63.7 Å². The molecule has 1 radical (unpaired) electrons.